The maximum absolute atomic E-state index is 12.6. The van der Waals surface area contributed by atoms with Gasteiger partial charge in [-0.25, -0.2) is 9.71 Å². The van der Waals surface area contributed by atoms with Gasteiger partial charge >= 0.3 is 0 Å². The first-order valence-electron chi connectivity index (χ1n) is 3.49. The molecule has 1 aromatic carbocycles. The zero-order valence-electron chi connectivity index (χ0n) is 6.12. The van der Waals surface area contributed by atoms with Gasteiger partial charge in [-0.1, -0.05) is 0 Å². The lowest BCUT2D eigenvalue weighted by atomic mass is 10.1. The number of carbonyl (C=O) groups is 1. The number of rotatable bonds is 0. The van der Waals surface area contributed by atoms with Crippen molar-refractivity contribution in [1.29, 1.82) is 0 Å². The Morgan fingerprint density at radius 2 is 2.08 bits per heavy atom. The normalized spacial score (nSPS) is 13.9. The molecule has 0 spiro atoms. The van der Waals surface area contributed by atoms with Gasteiger partial charge in [0.25, 0.3) is 5.91 Å². The average molecular weight is 162 g/mol. The molecule has 0 saturated heterocycles. The quantitative estimate of drug-likeness (QED) is 0.570. The zero-order chi connectivity index (χ0) is 8.55. The summed E-state index contributed by atoms with van der Waals surface area (Å²) in [6, 6.07) is 4.18. The molecule has 1 heterocycles. The number of hydrogen-bond acceptors (Lipinski definition) is 1. The van der Waals surface area contributed by atoms with Gasteiger partial charge in [-0.3, -0.25) is 4.79 Å². The van der Waals surface area contributed by atoms with Crippen molar-refractivity contribution in [3.05, 3.63) is 35.7 Å². The van der Waals surface area contributed by atoms with Crippen LogP contribution in [0.25, 0.3) is 6.08 Å². The van der Waals surface area contributed by atoms with Gasteiger partial charge in [0.1, 0.15) is 5.82 Å². The van der Waals surface area contributed by atoms with Crippen LogP contribution in [-0.2, 0) is 4.79 Å². The molecule has 2 nitrogen and oxygen atoms in total. The Morgan fingerprint density at radius 3 is 2.92 bits per heavy atom. The highest BCUT2D eigenvalue weighted by Crippen LogP contribution is 2.21. The van der Waals surface area contributed by atoms with Crippen LogP contribution < -0.4 is 5.32 Å². The van der Waals surface area contributed by atoms with E-state index in [4.69, 9.17) is 0 Å². The van der Waals surface area contributed by atoms with E-state index in [1.54, 1.807) is 12.1 Å². The lowest BCUT2D eigenvalue weighted by Crippen LogP contribution is -2.11. The van der Waals surface area contributed by atoms with Crippen molar-refractivity contribution in [2.45, 2.75) is 0 Å². The van der Waals surface area contributed by atoms with E-state index < -0.39 is 0 Å². The van der Waals surface area contributed by atoms with Crippen molar-refractivity contribution in [3.63, 3.8) is 0 Å². The first kappa shape index (κ1) is 7.03. The number of halogens is 1. The van der Waals surface area contributed by atoms with Crippen molar-refractivity contribution in [3.8, 4) is 0 Å². The van der Waals surface area contributed by atoms with Crippen molar-refractivity contribution in [2.75, 3.05) is 0 Å². The lowest BCUT2D eigenvalue weighted by Gasteiger charge is -2.07. The van der Waals surface area contributed by atoms with E-state index >= 15 is 0 Å². The summed E-state index contributed by atoms with van der Waals surface area (Å²) in [5, 5.41) is 3.64. The second kappa shape index (κ2) is 2.44. The molecule has 0 bridgehead atoms. The minimum atomic E-state index is -0.374. The molecule has 0 fully saturated rings. The third kappa shape index (κ3) is 1.09. The Morgan fingerprint density at radius 1 is 1.25 bits per heavy atom. The van der Waals surface area contributed by atoms with Crippen LogP contribution >= 0.6 is 0 Å². The molecule has 0 aromatic heterocycles. The molecule has 0 atom stereocenters. The van der Waals surface area contributed by atoms with Crippen LogP contribution in [0.4, 0.5) is 10.1 Å². The van der Waals surface area contributed by atoms with Crippen molar-refractivity contribution >= 4 is 17.7 Å². The van der Waals surface area contributed by atoms with Crippen LogP contribution in [0.2, 0.25) is 0 Å². The summed E-state index contributed by atoms with van der Waals surface area (Å²) in [7, 11) is 0. The van der Waals surface area contributed by atoms with Gasteiger partial charge in [-0.15, -0.1) is 0 Å². The second-order valence-corrected chi connectivity index (χ2v) is 2.49. The Labute approximate surface area is 68.7 Å². The molecule has 12 heavy (non-hydrogen) atoms. The molecule has 1 radical (unpaired) electrons. The molecule has 2 rings (SSSR count). The summed E-state index contributed by atoms with van der Waals surface area (Å²) in [5.41, 5.74) is 1.18. The van der Waals surface area contributed by atoms with Gasteiger partial charge in [0.15, 0.2) is 0 Å². The summed E-state index contributed by atoms with van der Waals surface area (Å²) >= 11 is 0. The van der Waals surface area contributed by atoms with Crippen LogP contribution in [0.5, 0.6) is 0 Å². The van der Waals surface area contributed by atoms with E-state index in [9.17, 15) is 9.18 Å². The fourth-order valence-electron chi connectivity index (χ4n) is 1.07. The van der Waals surface area contributed by atoms with Crippen LogP contribution in [-0.4, -0.2) is 5.91 Å². The highest BCUT2D eigenvalue weighted by Gasteiger charge is 2.10. The summed E-state index contributed by atoms with van der Waals surface area (Å²) < 4.78 is 12.6. The third-order valence-corrected chi connectivity index (χ3v) is 1.63. The third-order valence-electron chi connectivity index (χ3n) is 1.63. The lowest BCUT2D eigenvalue weighted by molar-refractivity contribution is -0.115. The van der Waals surface area contributed by atoms with Gasteiger partial charge in [-0.05, 0) is 18.2 Å². The van der Waals surface area contributed by atoms with Crippen LogP contribution in [0, 0.1) is 5.82 Å². The molecule has 1 aliphatic heterocycles. The number of fused-ring (bicyclic) bond motifs is 1. The maximum Gasteiger partial charge on any atom is 0.270 e. The standard InChI is InChI=1S/C9H5FNO/c10-7-3-1-6-2-4-9(12)11-8(6)5-7/h1-5H. The van der Waals surface area contributed by atoms with Gasteiger partial charge in [-0.2, -0.15) is 0 Å². The predicted octanol–water partition coefficient (Wildman–Crippen LogP) is 1.61. The Hall–Kier alpha value is -1.64. The zero-order valence-corrected chi connectivity index (χ0v) is 6.12. The highest BCUT2D eigenvalue weighted by molar-refractivity contribution is 5.99. The number of benzene rings is 1. The molecule has 0 saturated carbocycles. The molecular formula is C9H5FNO. The molecule has 1 amide bonds. The van der Waals surface area contributed by atoms with E-state index in [0.717, 1.165) is 5.56 Å². The molecule has 3 heteroatoms. The maximum atomic E-state index is 12.6. The summed E-state index contributed by atoms with van der Waals surface area (Å²) in [5.74, 6) is -0.714. The number of hydrogen-bond donors (Lipinski definition) is 0. The van der Waals surface area contributed by atoms with Gasteiger partial charge in [0.2, 0.25) is 0 Å². The fraction of sp³-hybridized carbons (Fsp3) is 0. The highest BCUT2D eigenvalue weighted by atomic mass is 19.1. The van der Waals surface area contributed by atoms with E-state index in [1.807, 2.05) is 0 Å². The largest absolute Gasteiger partial charge is 0.270 e. The van der Waals surface area contributed by atoms with E-state index in [-0.39, 0.29) is 11.7 Å². The fourth-order valence-corrected chi connectivity index (χ4v) is 1.07. The smallest absolute Gasteiger partial charge is 0.267 e. The SMILES string of the molecule is O=C1C=Cc2ccc(F)cc2[N]1. The van der Waals surface area contributed by atoms with E-state index in [1.165, 1.54) is 18.2 Å². The molecule has 0 aliphatic carbocycles. The molecule has 1 aromatic rings. The predicted molar refractivity (Wildman–Crippen MR) is 42.2 cm³/mol. The van der Waals surface area contributed by atoms with E-state index in [2.05, 4.69) is 5.32 Å². The Kier molecular flexibility index (Phi) is 1.43. The minimum absolute atomic E-state index is 0.340. The summed E-state index contributed by atoms with van der Waals surface area (Å²) in [6.07, 6.45) is 2.99. The topological polar surface area (TPSA) is 31.2 Å². The summed E-state index contributed by atoms with van der Waals surface area (Å²) in [4.78, 5) is 10.8. The van der Waals surface area contributed by atoms with E-state index in [0.29, 0.717) is 5.69 Å². The Balaban J connectivity index is 2.54. The first-order valence-corrected chi connectivity index (χ1v) is 3.49. The van der Waals surface area contributed by atoms with Crippen LogP contribution in [0.1, 0.15) is 5.56 Å². The van der Waals surface area contributed by atoms with Gasteiger partial charge in [0.05, 0.1) is 5.69 Å². The summed E-state index contributed by atoms with van der Waals surface area (Å²) in [6.45, 7) is 0. The van der Waals surface area contributed by atoms with Gasteiger partial charge in [0, 0.05) is 17.7 Å². The van der Waals surface area contributed by atoms with Crippen LogP contribution in [0.3, 0.4) is 0 Å². The molecule has 1 aliphatic rings. The average Bonchev–Trinajstić information content (AvgIpc) is 2.03. The van der Waals surface area contributed by atoms with Crippen molar-refractivity contribution in [1.82, 2.24) is 5.32 Å². The number of carbonyl (C=O) groups excluding carboxylic acids is 1. The van der Waals surface area contributed by atoms with Gasteiger partial charge < -0.3 is 0 Å². The van der Waals surface area contributed by atoms with Crippen molar-refractivity contribution < 1.29 is 9.18 Å². The minimum Gasteiger partial charge on any atom is -0.267 e. The van der Waals surface area contributed by atoms with Crippen LogP contribution in [0.15, 0.2) is 24.3 Å². The molecule has 0 unspecified atom stereocenters. The monoisotopic (exact) mass is 162 g/mol. The molecule has 0 N–H and O–H groups in total. The second-order valence-electron chi connectivity index (χ2n) is 2.49. The molecule has 59 valence electrons. The molecular weight excluding hydrogens is 157 g/mol. The first-order chi connectivity index (χ1) is 5.75. The number of nitrogens with zero attached hydrogens (tertiary/aromatic N) is 1. The number of amides is 1. The van der Waals surface area contributed by atoms with Crippen molar-refractivity contribution in [2.24, 2.45) is 0 Å². The Bertz CT molecular complexity index is 371.